The van der Waals surface area contributed by atoms with Crippen LogP contribution in [0.15, 0.2) is 60.0 Å². The van der Waals surface area contributed by atoms with Crippen LogP contribution >= 0.6 is 11.3 Å². The van der Waals surface area contributed by atoms with Crippen LogP contribution in [0.25, 0.3) is 11.1 Å². The number of alkyl halides is 3. The minimum absolute atomic E-state index is 0.191. The average Bonchev–Trinajstić information content (AvgIpc) is 3.46. The highest BCUT2D eigenvalue weighted by Gasteiger charge is 2.45. The highest BCUT2D eigenvalue weighted by Crippen LogP contribution is 2.35. The molecule has 0 bridgehead atoms. The zero-order valence-electron chi connectivity index (χ0n) is 18.3. The molecule has 1 fully saturated rings. The first-order valence-electron chi connectivity index (χ1n) is 11.0. The van der Waals surface area contributed by atoms with Crippen molar-refractivity contribution in [3.63, 3.8) is 0 Å². The number of halogens is 3. The summed E-state index contributed by atoms with van der Waals surface area (Å²) in [5.74, 6) is -1.05. The van der Waals surface area contributed by atoms with E-state index in [0.29, 0.717) is 17.5 Å². The third-order valence-corrected chi connectivity index (χ3v) is 7.10. The Balaban J connectivity index is 1.40. The lowest BCUT2D eigenvalue weighted by Crippen LogP contribution is -2.51. The molecule has 2 aromatic carbocycles. The predicted octanol–water partition coefficient (Wildman–Crippen LogP) is 4.33. The minimum Gasteiger partial charge on any atom is -0.350 e. The van der Waals surface area contributed by atoms with Crippen LogP contribution < -0.4 is 10.6 Å². The maximum Gasteiger partial charge on any atom is 0.416 e. The third kappa shape index (κ3) is 4.53. The number of carbonyl (C=O) groups excluding carboxylic acids is 3. The third-order valence-electron chi connectivity index (χ3n) is 6.22. The molecule has 0 unspecified atom stereocenters. The van der Waals surface area contributed by atoms with Crippen LogP contribution in [0.2, 0.25) is 0 Å². The van der Waals surface area contributed by atoms with Crippen LogP contribution in [0.4, 0.5) is 18.9 Å². The second-order valence-electron chi connectivity index (χ2n) is 8.49. The molecule has 180 valence electrons. The number of benzene rings is 2. The molecule has 0 saturated carbocycles. The summed E-state index contributed by atoms with van der Waals surface area (Å²) in [6.07, 6.45) is -3.88. The monoisotopic (exact) mass is 499 g/mol. The van der Waals surface area contributed by atoms with Crippen molar-refractivity contribution in [1.82, 2.24) is 10.2 Å². The van der Waals surface area contributed by atoms with E-state index in [-0.39, 0.29) is 30.1 Å². The molecule has 2 atom stereocenters. The van der Waals surface area contributed by atoms with Crippen LogP contribution in [-0.4, -0.2) is 41.2 Å². The van der Waals surface area contributed by atoms with E-state index >= 15 is 0 Å². The van der Waals surface area contributed by atoms with Gasteiger partial charge in [0.15, 0.2) is 0 Å². The summed E-state index contributed by atoms with van der Waals surface area (Å²) in [7, 11) is 0. The first-order valence-corrected chi connectivity index (χ1v) is 11.8. The Kier molecular flexibility index (Phi) is 5.84. The number of amides is 3. The summed E-state index contributed by atoms with van der Waals surface area (Å²) in [4.78, 5) is 41.3. The van der Waals surface area contributed by atoms with E-state index in [2.05, 4.69) is 10.6 Å². The Morgan fingerprint density at radius 3 is 2.63 bits per heavy atom. The molecule has 0 spiro atoms. The van der Waals surface area contributed by atoms with Crippen molar-refractivity contribution in [3.8, 4) is 11.1 Å². The van der Waals surface area contributed by atoms with E-state index in [1.165, 1.54) is 40.5 Å². The molecule has 3 amide bonds. The van der Waals surface area contributed by atoms with E-state index in [4.69, 9.17) is 0 Å². The van der Waals surface area contributed by atoms with Crippen molar-refractivity contribution in [2.75, 3.05) is 11.9 Å². The molecule has 1 aromatic heterocycles. The second kappa shape index (κ2) is 8.84. The van der Waals surface area contributed by atoms with Gasteiger partial charge in [0.2, 0.25) is 11.8 Å². The Hall–Kier alpha value is -3.66. The molecule has 3 heterocycles. The maximum absolute atomic E-state index is 13.4. The maximum atomic E-state index is 13.4. The molecule has 2 aliphatic heterocycles. The van der Waals surface area contributed by atoms with Crippen molar-refractivity contribution >= 4 is 34.7 Å². The number of fused-ring (bicyclic) bond motifs is 2. The largest absolute Gasteiger partial charge is 0.416 e. The summed E-state index contributed by atoms with van der Waals surface area (Å²) >= 11 is 1.46. The van der Waals surface area contributed by atoms with Gasteiger partial charge in [-0.25, -0.2) is 0 Å². The fourth-order valence-corrected chi connectivity index (χ4v) is 5.27. The summed E-state index contributed by atoms with van der Waals surface area (Å²) in [6.45, 7) is 0.272. The average molecular weight is 500 g/mol. The van der Waals surface area contributed by atoms with Crippen molar-refractivity contribution in [3.05, 3.63) is 76.0 Å². The van der Waals surface area contributed by atoms with Gasteiger partial charge in [-0.3, -0.25) is 14.4 Å². The molecule has 2 N–H and O–H groups in total. The van der Waals surface area contributed by atoms with Crippen molar-refractivity contribution in [1.29, 1.82) is 0 Å². The molecule has 2 aliphatic rings. The van der Waals surface area contributed by atoms with Crippen molar-refractivity contribution in [2.24, 2.45) is 0 Å². The number of nitrogens with one attached hydrogen (secondary N) is 2. The number of hydrogen-bond acceptors (Lipinski definition) is 4. The Morgan fingerprint density at radius 2 is 1.89 bits per heavy atom. The van der Waals surface area contributed by atoms with E-state index in [1.54, 1.807) is 6.07 Å². The lowest BCUT2D eigenvalue weighted by atomic mass is 9.99. The highest BCUT2D eigenvalue weighted by atomic mass is 32.1. The normalized spacial score (nSPS) is 19.6. The molecular formula is C25H20F3N3O3S. The van der Waals surface area contributed by atoms with Crippen LogP contribution in [0.5, 0.6) is 0 Å². The van der Waals surface area contributed by atoms with Crippen LogP contribution in [0, 0.1) is 0 Å². The Labute approximate surface area is 202 Å². The smallest absolute Gasteiger partial charge is 0.350 e. The number of rotatable bonds is 4. The van der Waals surface area contributed by atoms with Gasteiger partial charge in [-0.1, -0.05) is 24.3 Å². The Morgan fingerprint density at radius 1 is 1.09 bits per heavy atom. The van der Waals surface area contributed by atoms with Gasteiger partial charge in [-0.05, 0) is 53.3 Å². The van der Waals surface area contributed by atoms with E-state index in [1.807, 2.05) is 17.5 Å². The van der Waals surface area contributed by atoms with Gasteiger partial charge in [0, 0.05) is 11.4 Å². The zero-order chi connectivity index (χ0) is 24.7. The predicted molar refractivity (Wildman–Crippen MR) is 125 cm³/mol. The van der Waals surface area contributed by atoms with Crippen LogP contribution in [-0.2, 0) is 22.2 Å². The molecule has 0 aliphatic carbocycles. The Bertz CT molecular complexity index is 1310. The fourth-order valence-electron chi connectivity index (χ4n) is 4.57. The quantitative estimate of drug-likeness (QED) is 0.561. The number of nitrogens with zero attached hydrogens (tertiary/aromatic N) is 1. The number of anilines is 1. The highest BCUT2D eigenvalue weighted by molar-refractivity contribution is 7.10. The van der Waals surface area contributed by atoms with Crippen molar-refractivity contribution < 1.29 is 27.6 Å². The molecule has 10 heteroatoms. The topological polar surface area (TPSA) is 78.5 Å². The summed E-state index contributed by atoms with van der Waals surface area (Å²) < 4.78 is 39.5. The van der Waals surface area contributed by atoms with Crippen LogP contribution in [0.1, 0.15) is 27.2 Å². The molecule has 0 radical (unpaired) electrons. The van der Waals surface area contributed by atoms with Crippen molar-refractivity contribution in [2.45, 2.75) is 31.1 Å². The van der Waals surface area contributed by atoms with Gasteiger partial charge < -0.3 is 15.5 Å². The molecule has 1 saturated heterocycles. The number of thiophene rings is 1. The minimum atomic E-state index is -4.49. The number of carbonyl (C=O) groups is 3. The fraction of sp³-hybridized carbons (Fsp3) is 0.240. The van der Waals surface area contributed by atoms with Gasteiger partial charge >= 0.3 is 6.18 Å². The van der Waals surface area contributed by atoms with Gasteiger partial charge in [-0.2, -0.15) is 13.2 Å². The van der Waals surface area contributed by atoms with Gasteiger partial charge in [0.25, 0.3) is 5.91 Å². The van der Waals surface area contributed by atoms with E-state index in [0.717, 1.165) is 17.0 Å². The van der Waals surface area contributed by atoms with Gasteiger partial charge in [0.05, 0.1) is 29.3 Å². The zero-order valence-corrected chi connectivity index (χ0v) is 19.1. The lowest BCUT2D eigenvalue weighted by Gasteiger charge is -2.25. The van der Waals surface area contributed by atoms with Crippen LogP contribution in [0.3, 0.4) is 0 Å². The summed E-state index contributed by atoms with van der Waals surface area (Å²) in [5.41, 5.74) is 0.430. The van der Waals surface area contributed by atoms with Gasteiger partial charge in [-0.15, -0.1) is 11.3 Å². The summed E-state index contributed by atoms with van der Waals surface area (Å²) in [6, 6.07) is 11.7. The number of hydrogen-bond donors (Lipinski definition) is 2. The first kappa shape index (κ1) is 23.1. The van der Waals surface area contributed by atoms with E-state index < -0.39 is 35.6 Å². The molecule has 3 aromatic rings. The molecule has 6 nitrogen and oxygen atoms in total. The molecule has 5 rings (SSSR count). The molecule has 35 heavy (non-hydrogen) atoms. The molecular weight excluding hydrogens is 479 g/mol. The summed E-state index contributed by atoms with van der Waals surface area (Å²) in [5, 5.41) is 7.52. The lowest BCUT2D eigenvalue weighted by molar-refractivity contribution is -0.137. The first-order chi connectivity index (χ1) is 16.7. The van der Waals surface area contributed by atoms with E-state index in [9.17, 15) is 27.6 Å². The SMILES string of the molecule is O=C(Cc1cccs1)N[C@H]1CCN2C(=O)c3cc(-c4cccc(C(F)(F)F)c4)ccc3NC(=O)[C@H]12. The second-order valence-corrected chi connectivity index (χ2v) is 9.52. The van der Waals surface area contributed by atoms with Gasteiger partial charge in [0.1, 0.15) is 6.04 Å². The standard InChI is InChI=1S/C25H20F3N3O3S/c26-25(27,28)16-4-1-3-14(11-16)15-6-7-19-18(12-15)24(34)31-9-8-20(22(31)23(33)30-19)29-21(32)13-17-5-2-10-35-17/h1-7,10-12,20,22H,8-9,13H2,(H,29,32)(H,30,33)/t20-,22-/m0/s1.